The van der Waals surface area contributed by atoms with Gasteiger partial charge < -0.3 is 20.8 Å². The van der Waals surface area contributed by atoms with Gasteiger partial charge in [-0.3, -0.25) is 14.4 Å². The van der Waals surface area contributed by atoms with Gasteiger partial charge >= 0.3 is 11.9 Å². The largest absolute Gasteiger partial charge is 0.481 e. The molecular formula is C12H14N2O6S. The molecule has 0 bridgehead atoms. The summed E-state index contributed by atoms with van der Waals surface area (Å²) in [6, 6.07) is 0.149. The fraction of sp³-hybridized carbons (Fsp3) is 0.333. The van der Waals surface area contributed by atoms with Gasteiger partial charge in [-0.2, -0.15) is 11.3 Å². The molecule has 0 spiro atoms. The summed E-state index contributed by atoms with van der Waals surface area (Å²) in [5, 5.41) is 25.3. The van der Waals surface area contributed by atoms with E-state index >= 15 is 0 Å². The fourth-order valence-electron chi connectivity index (χ4n) is 1.43. The highest BCUT2D eigenvalue weighted by Gasteiger charge is 2.22. The average Bonchev–Trinajstić information content (AvgIpc) is 2.91. The summed E-state index contributed by atoms with van der Waals surface area (Å²) in [6.07, 6.45) is -0.846. The van der Waals surface area contributed by atoms with Gasteiger partial charge in [-0.1, -0.05) is 0 Å². The highest BCUT2D eigenvalue weighted by Crippen LogP contribution is 2.05. The fourth-order valence-corrected chi connectivity index (χ4v) is 2.06. The van der Waals surface area contributed by atoms with E-state index in [1.54, 1.807) is 16.8 Å². The van der Waals surface area contributed by atoms with Crippen LogP contribution in [0.15, 0.2) is 16.8 Å². The number of carboxylic acids is 2. The molecule has 114 valence electrons. The van der Waals surface area contributed by atoms with Crippen molar-refractivity contribution >= 4 is 35.1 Å². The van der Waals surface area contributed by atoms with Crippen LogP contribution in [0.25, 0.3) is 0 Å². The monoisotopic (exact) mass is 314 g/mol. The molecule has 21 heavy (non-hydrogen) atoms. The second-order valence-electron chi connectivity index (χ2n) is 4.07. The van der Waals surface area contributed by atoms with Crippen molar-refractivity contribution in [2.45, 2.75) is 18.9 Å². The van der Waals surface area contributed by atoms with Crippen molar-refractivity contribution in [3.8, 4) is 0 Å². The van der Waals surface area contributed by atoms with Crippen LogP contribution in [0.3, 0.4) is 0 Å². The Bertz CT molecular complexity index is 528. The smallest absolute Gasteiger partial charge is 0.326 e. The van der Waals surface area contributed by atoms with Crippen LogP contribution in [0.1, 0.15) is 23.2 Å². The number of aliphatic carboxylic acids is 2. The van der Waals surface area contributed by atoms with E-state index in [-0.39, 0.29) is 18.9 Å². The number of carbonyl (C=O) groups is 4. The summed E-state index contributed by atoms with van der Waals surface area (Å²) in [6.45, 7) is 0.0277. The summed E-state index contributed by atoms with van der Waals surface area (Å²) in [5.74, 6) is -3.72. The van der Waals surface area contributed by atoms with Gasteiger partial charge in [0.2, 0.25) is 5.91 Å². The summed E-state index contributed by atoms with van der Waals surface area (Å²) < 4.78 is 0. The van der Waals surface area contributed by atoms with Crippen LogP contribution in [0.4, 0.5) is 0 Å². The molecule has 9 heteroatoms. The molecule has 0 aliphatic heterocycles. The van der Waals surface area contributed by atoms with Crippen LogP contribution >= 0.6 is 11.3 Å². The Labute approximate surface area is 123 Å². The van der Waals surface area contributed by atoms with E-state index < -0.39 is 30.3 Å². The van der Waals surface area contributed by atoms with E-state index in [2.05, 4.69) is 10.6 Å². The minimum Gasteiger partial charge on any atom is -0.481 e. The second-order valence-corrected chi connectivity index (χ2v) is 4.85. The highest BCUT2D eigenvalue weighted by molar-refractivity contribution is 7.08. The van der Waals surface area contributed by atoms with E-state index in [4.69, 9.17) is 10.2 Å². The van der Waals surface area contributed by atoms with E-state index in [1.165, 1.54) is 11.3 Å². The van der Waals surface area contributed by atoms with Crippen LogP contribution in [0.5, 0.6) is 0 Å². The van der Waals surface area contributed by atoms with Crippen LogP contribution in [0.2, 0.25) is 0 Å². The lowest BCUT2D eigenvalue weighted by molar-refractivity contribution is -0.147. The van der Waals surface area contributed by atoms with Gasteiger partial charge in [0.1, 0.15) is 6.04 Å². The van der Waals surface area contributed by atoms with Gasteiger partial charge in [-0.25, -0.2) is 4.79 Å². The zero-order valence-electron chi connectivity index (χ0n) is 10.9. The molecule has 1 unspecified atom stereocenters. The van der Waals surface area contributed by atoms with E-state index in [9.17, 15) is 19.2 Å². The second kappa shape index (κ2) is 8.00. The Kier molecular flexibility index (Phi) is 6.34. The summed E-state index contributed by atoms with van der Waals surface area (Å²) >= 11 is 1.36. The van der Waals surface area contributed by atoms with Gasteiger partial charge in [0.25, 0.3) is 5.91 Å². The number of carboxylic acid groups (broad SMARTS) is 2. The molecule has 0 saturated heterocycles. The maximum absolute atomic E-state index is 11.6. The summed E-state index contributed by atoms with van der Waals surface area (Å²) in [4.78, 5) is 44.3. The molecule has 4 N–H and O–H groups in total. The van der Waals surface area contributed by atoms with Crippen LogP contribution in [-0.2, 0) is 14.4 Å². The number of hydrogen-bond acceptors (Lipinski definition) is 5. The first-order chi connectivity index (χ1) is 9.90. The van der Waals surface area contributed by atoms with Crippen molar-refractivity contribution in [1.82, 2.24) is 10.6 Å². The number of hydrogen-bond donors (Lipinski definition) is 4. The zero-order chi connectivity index (χ0) is 15.8. The summed E-state index contributed by atoms with van der Waals surface area (Å²) in [7, 11) is 0. The lowest BCUT2D eigenvalue weighted by Crippen LogP contribution is -2.43. The Hall–Kier alpha value is -2.42. The molecule has 1 rings (SSSR count). The maximum atomic E-state index is 11.6. The lowest BCUT2D eigenvalue weighted by Gasteiger charge is -2.12. The van der Waals surface area contributed by atoms with E-state index in [0.717, 1.165) is 0 Å². The molecule has 1 heterocycles. The normalized spacial score (nSPS) is 11.4. The molecule has 1 aromatic heterocycles. The van der Waals surface area contributed by atoms with E-state index in [0.29, 0.717) is 5.56 Å². The molecule has 0 aliphatic carbocycles. The molecule has 0 radical (unpaired) electrons. The first kappa shape index (κ1) is 16.6. The quantitative estimate of drug-likeness (QED) is 0.530. The van der Waals surface area contributed by atoms with E-state index in [1.807, 2.05) is 0 Å². The molecule has 8 nitrogen and oxygen atoms in total. The zero-order valence-corrected chi connectivity index (χ0v) is 11.7. The number of carbonyl (C=O) groups excluding carboxylic acids is 2. The third-order valence-electron chi connectivity index (χ3n) is 2.43. The maximum Gasteiger partial charge on any atom is 0.326 e. The summed E-state index contributed by atoms with van der Waals surface area (Å²) in [5.41, 5.74) is 0.481. The van der Waals surface area contributed by atoms with Crippen molar-refractivity contribution in [1.29, 1.82) is 0 Å². The first-order valence-electron chi connectivity index (χ1n) is 5.94. The molecular weight excluding hydrogens is 300 g/mol. The number of amides is 2. The van der Waals surface area contributed by atoms with Crippen molar-refractivity contribution in [3.05, 3.63) is 22.4 Å². The Balaban J connectivity index is 2.34. The van der Waals surface area contributed by atoms with Crippen molar-refractivity contribution in [2.75, 3.05) is 6.54 Å². The molecule has 0 saturated carbocycles. The van der Waals surface area contributed by atoms with Crippen LogP contribution in [0, 0.1) is 0 Å². The van der Waals surface area contributed by atoms with Gasteiger partial charge in [-0.05, 0) is 11.4 Å². The molecule has 1 aromatic rings. The predicted octanol–water partition coefficient (Wildman–Crippen LogP) is -0.0879. The van der Waals surface area contributed by atoms with Crippen molar-refractivity contribution in [2.24, 2.45) is 0 Å². The minimum absolute atomic E-state index is 0.0277. The number of nitrogens with one attached hydrogen (secondary N) is 2. The minimum atomic E-state index is -1.48. The Morgan fingerprint density at radius 1 is 1.24 bits per heavy atom. The molecule has 1 atom stereocenters. The highest BCUT2D eigenvalue weighted by atomic mass is 32.1. The van der Waals surface area contributed by atoms with Gasteiger partial charge in [-0.15, -0.1) is 0 Å². The number of rotatable bonds is 8. The standard InChI is InChI=1S/C12H14N2O6S/c15-9(14-8(12(19)20)5-10(16)17)1-3-13-11(18)7-2-4-21-6-7/h2,4,6,8H,1,3,5H2,(H,13,18)(H,14,15)(H,16,17)(H,19,20). The lowest BCUT2D eigenvalue weighted by atomic mass is 10.2. The van der Waals surface area contributed by atoms with Crippen molar-refractivity contribution in [3.63, 3.8) is 0 Å². The number of thiophene rings is 1. The van der Waals surface area contributed by atoms with Crippen LogP contribution in [-0.4, -0.2) is 46.6 Å². The molecule has 0 fully saturated rings. The Morgan fingerprint density at radius 2 is 1.95 bits per heavy atom. The van der Waals surface area contributed by atoms with Gasteiger partial charge in [0.15, 0.2) is 0 Å². The SMILES string of the molecule is O=C(O)CC(NC(=O)CCNC(=O)c1ccsc1)C(=O)O. The van der Waals surface area contributed by atoms with Gasteiger partial charge in [0, 0.05) is 23.9 Å². The van der Waals surface area contributed by atoms with Gasteiger partial charge in [0.05, 0.1) is 6.42 Å². The first-order valence-corrected chi connectivity index (χ1v) is 6.88. The molecule has 0 aromatic carbocycles. The topological polar surface area (TPSA) is 133 Å². The molecule has 0 aliphatic rings. The predicted molar refractivity (Wildman–Crippen MR) is 73.1 cm³/mol. The third kappa shape index (κ3) is 6.04. The van der Waals surface area contributed by atoms with Crippen molar-refractivity contribution < 1.29 is 29.4 Å². The molecule has 2 amide bonds. The average molecular weight is 314 g/mol. The Morgan fingerprint density at radius 3 is 2.48 bits per heavy atom. The van der Waals surface area contributed by atoms with Crippen LogP contribution < -0.4 is 10.6 Å². The third-order valence-corrected chi connectivity index (χ3v) is 3.12.